The van der Waals surface area contributed by atoms with Crippen molar-refractivity contribution in [2.45, 2.75) is 25.3 Å². The van der Waals surface area contributed by atoms with E-state index >= 15 is 0 Å². The molecule has 2 aliphatic rings. The Bertz CT molecular complexity index is 948. The maximum atomic E-state index is 13.5. The number of hydrogen-bond acceptors (Lipinski definition) is 5. The molecule has 0 spiro atoms. The summed E-state index contributed by atoms with van der Waals surface area (Å²) in [5.74, 6) is 0.793. The van der Waals surface area contributed by atoms with Crippen LogP contribution in [0, 0.1) is 11.3 Å². The third-order valence-electron chi connectivity index (χ3n) is 5.81. The Balaban J connectivity index is 1.50. The lowest BCUT2D eigenvalue weighted by atomic mass is 9.99. The Morgan fingerprint density at radius 3 is 2.50 bits per heavy atom. The number of carbonyl (C=O) groups is 2. The van der Waals surface area contributed by atoms with Gasteiger partial charge in [-0.05, 0) is 30.5 Å². The van der Waals surface area contributed by atoms with Crippen molar-refractivity contribution in [2.75, 3.05) is 37.6 Å². The third-order valence-corrected chi connectivity index (χ3v) is 5.81. The van der Waals surface area contributed by atoms with Crippen molar-refractivity contribution >= 4 is 17.6 Å². The molecule has 2 aromatic rings. The number of likely N-dealkylation sites (tertiary alicyclic amines) is 1. The Hall–Kier alpha value is -3.40. The van der Waals surface area contributed by atoms with E-state index < -0.39 is 6.04 Å². The minimum Gasteiger partial charge on any atom is -0.353 e. The predicted molar refractivity (Wildman–Crippen MR) is 112 cm³/mol. The van der Waals surface area contributed by atoms with E-state index in [2.05, 4.69) is 16.0 Å². The molecule has 2 fully saturated rings. The van der Waals surface area contributed by atoms with Gasteiger partial charge in [-0.15, -0.1) is 0 Å². The average Bonchev–Trinajstić information content (AvgIpc) is 2.81. The molecule has 4 rings (SSSR count). The van der Waals surface area contributed by atoms with E-state index in [1.807, 2.05) is 35.2 Å². The van der Waals surface area contributed by atoms with Crippen molar-refractivity contribution in [1.29, 1.82) is 5.26 Å². The summed E-state index contributed by atoms with van der Waals surface area (Å²) in [6, 6.07) is 14.6. The van der Waals surface area contributed by atoms with Gasteiger partial charge in [0.05, 0.1) is 11.6 Å². The molecular weight excluding hydrogens is 378 g/mol. The molecule has 1 aromatic carbocycles. The van der Waals surface area contributed by atoms with Gasteiger partial charge in [-0.3, -0.25) is 9.59 Å². The van der Waals surface area contributed by atoms with E-state index in [1.165, 1.54) is 0 Å². The van der Waals surface area contributed by atoms with Crippen LogP contribution in [-0.2, 0) is 9.59 Å². The first kappa shape index (κ1) is 19.9. The number of anilines is 1. The summed E-state index contributed by atoms with van der Waals surface area (Å²) in [7, 11) is 0. The van der Waals surface area contributed by atoms with Crippen molar-refractivity contribution in [3.05, 3.63) is 59.8 Å². The van der Waals surface area contributed by atoms with Crippen LogP contribution >= 0.6 is 0 Å². The third kappa shape index (κ3) is 4.13. The van der Waals surface area contributed by atoms with Gasteiger partial charge >= 0.3 is 0 Å². The summed E-state index contributed by atoms with van der Waals surface area (Å²) >= 11 is 0. The largest absolute Gasteiger partial charge is 0.353 e. The minimum absolute atomic E-state index is 0.0187. The lowest BCUT2D eigenvalue weighted by molar-refractivity contribution is -0.148. The van der Waals surface area contributed by atoms with E-state index in [1.54, 1.807) is 23.2 Å². The zero-order valence-electron chi connectivity index (χ0n) is 16.9. The second kappa shape index (κ2) is 8.95. The molecular formula is C23H25N5O2. The van der Waals surface area contributed by atoms with Gasteiger partial charge in [0.25, 0.3) is 0 Å². The zero-order chi connectivity index (χ0) is 20.9. The fourth-order valence-electron chi connectivity index (χ4n) is 4.18. The van der Waals surface area contributed by atoms with Crippen molar-refractivity contribution < 1.29 is 9.59 Å². The van der Waals surface area contributed by atoms with Crippen LogP contribution in [0.5, 0.6) is 0 Å². The number of piperidine rings is 1. The lowest BCUT2D eigenvalue weighted by Gasteiger charge is -2.40. The number of nitrogens with zero attached hydrogens (tertiary/aromatic N) is 5. The van der Waals surface area contributed by atoms with Gasteiger partial charge in [-0.2, -0.15) is 5.26 Å². The maximum Gasteiger partial charge on any atom is 0.250 e. The molecule has 3 heterocycles. The van der Waals surface area contributed by atoms with Crippen LogP contribution in [0.1, 0.15) is 36.4 Å². The number of benzene rings is 1. The molecule has 1 atom stereocenters. The molecule has 0 N–H and O–H groups in total. The molecule has 0 bridgehead atoms. The summed E-state index contributed by atoms with van der Waals surface area (Å²) in [4.78, 5) is 36.2. The monoisotopic (exact) mass is 403 g/mol. The fourth-order valence-corrected chi connectivity index (χ4v) is 4.18. The first-order valence-electron chi connectivity index (χ1n) is 10.4. The van der Waals surface area contributed by atoms with Crippen LogP contribution in [0.25, 0.3) is 0 Å². The predicted octanol–water partition coefficient (Wildman–Crippen LogP) is 2.36. The van der Waals surface area contributed by atoms with Gasteiger partial charge in [0, 0.05) is 45.3 Å². The standard InChI is InChI=1S/C23H25N5O2/c24-17-18-9-10-25-20(16-18)26-12-14-27(15-13-26)23(30)22(19-6-2-1-3-7-19)28-11-5-4-8-21(28)29/h1-3,6-7,9-10,16,22H,4-5,8,11-15H2. The molecule has 154 valence electrons. The highest BCUT2D eigenvalue weighted by Gasteiger charge is 2.36. The molecule has 0 radical (unpaired) electrons. The molecule has 2 aliphatic heterocycles. The number of hydrogen-bond donors (Lipinski definition) is 0. The molecule has 0 aliphatic carbocycles. The SMILES string of the molecule is N#Cc1ccnc(N2CCN(C(=O)C(c3ccccc3)N3CCCCC3=O)CC2)c1. The Labute approximate surface area is 176 Å². The summed E-state index contributed by atoms with van der Waals surface area (Å²) in [6.45, 7) is 3.02. The van der Waals surface area contributed by atoms with Crippen molar-refractivity contribution in [3.63, 3.8) is 0 Å². The van der Waals surface area contributed by atoms with Crippen molar-refractivity contribution in [3.8, 4) is 6.07 Å². The highest BCUT2D eigenvalue weighted by Crippen LogP contribution is 2.28. The van der Waals surface area contributed by atoms with E-state index in [0.717, 1.165) is 24.2 Å². The molecule has 2 amide bonds. The Kier molecular flexibility index (Phi) is 5.94. The van der Waals surface area contributed by atoms with Crippen LogP contribution in [0.4, 0.5) is 5.82 Å². The summed E-state index contributed by atoms with van der Waals surface area (Å²) in [6.07, 6.45) is 3.96. The van der Waals surface area contributed by atoms with Crippen LogP contribution in [0.2, 0.25) is 0 Å². The van der Waals surface area contributed by atoms with Gasteiger partial charge < -0.3 is 14.7 Å². The van der Waals surface area contributed by atoms with E-state index in [0.29, 0.717) is 44.7 Å². The number of pyridine rings is 1. The topological polar surface area (TPSA) is 80.5 Å². The van der Waals surface area contributed by atoms with Gasteiger partial charge in [0.15, 0.2) is 0 Å². The van der Waals surface area contributed by atoms with E-state index in [-0.39, 0.29) is 11.8 Å². The highest BCUT2D eigenvalue weighted by atomic mass is 16.2. The summed E-state index contributed by atoms with van der Waals surface area (Å²) < 4.78 is 0. The number of amides is 2. The molecule has 2 saturated heterocycles. The van der Waals surface area contributed by atoms with E-state index in [9.17, 15) is 9.59 Å². The molecule has 30 heavy (non-hydrogen) atoms. The Morgan fingerprint density at radius 1 is 1.03 bits per heavy atom. The number of aromatic nitrogens is 1. The second-order valence-electron chi connectivity index (χ2n) is 7.68. The van der Waals surface area contributed by atoms with Crippen molar-refractivity contribution in [2.24, 2.45) is 0 Å². The number of rotatable bonds is 4. The van der Waals surface area contributed by atoms with Crippen LogP contribution < -0.4 is 4.90 Å². The van der Waals surface area contributed by atoms with Crippen molar-refractivity contribution in [1.82, 2.24) is 14.8 Å². The number of nitriles is 1. The van der Waals surface area contributed by atoms with E-state index in [4.69, 9.17) is 5.26 Å². The Morgan fingerprint density at radius 2 is 1.80 bits per heavy atom. The van der Waals surface area contributed by atoms with Crippen LogP contribution in [0.3, 0.4) is 0 Å². The quantitative estimate of drug-likeness (QED) is 0.783. The zero-order valence-corrected chi connectivity index (χ0v) is 16.9. The molecule has 1 aromatic heterocycles. The first-order valence-corrected chi connectivity index (χ1v) is 10.4. The second-order valence-corrected chi connectivity index (χ2v) is 7.68. The lowest BCUT2D eigenvalue weighted by Crippen LogP contribution is -2.53. The van der Waals surface area contributed by atoms with Gasteiger partial charge in [0.1, 0.15) is 11.9 Å². The summed E-state index contributed by atoms with van der Waals surface area (Å²) in [5.41, 5.74) is 1.44. The van der Waals surface area contributed by atoms with Gasteiger partial charge in [-0.25, -0.2) is 4.98 Å². The first-order chi connectivity index (χ1) is 14.7. The number of piperazine rings is 1. The molecule has 7 nitrogen and oxygen atoms in total. The molecule has 1 unspecified atom stereocenters. The fraction of sp³-hybridized carbons (Fsp3) is 0.391. The normalized spacial score (nSPS) is 18.1. The van der Waals surface area contributed by atoms with Gasteiger partial charge in [-0.1, -0.05) is 30.3 Å². The summed E-state index contributed by atoms with van der Waals surface area (Å²) in [5, 5.41) is 9.11. The number of carbonyl (C=O) groups excluding carboxylic acids is 2. The minimum atomic E-state index is -0.564. The highest BCUT2D eigenvalue weighted by molar-refractivity contribution is 5.89. The maximum absolute atomic E-state index is 13.5. The molecule has 7 heteroatoms. The van der Waals surface area contributed by atoms with Crippen LogP contribution in [0.15, 0.2) is 48.7 Å². The van der Waals surface area contributed by atoms with Crippen LogP contribution in [-0.4, -0.2) is 59.3 Å². The average molecular weight is 403 g/mol. The molecule has 0 saturated carbocycles. The van der Waals surface area contributed by atoms with Gasteiger partial charge in [0.2, 0.25) is 11.8 Å². The smallest absolute Gasteiger partial charge is 0.250 e.